The highest BCUT2D eigenvalue weighted by atomic mass is 35.5. The molecule has 1 aliphatic carbocycles. The van der Waals surface area contributed by atoms with E-state index < -0.39 is 11.2 Å². The fraction of sp³-hybridized carbons (Fsp3) is 0.533. The van der Waals surface area contributed by atoms with Crippen molar-refractivity contribution in [1.82, 2.24) is 0 Å². The Morgan fingerprint density at radius 1 is 1.32 bits per heavy atom. The molecule has 0 heterocycles. The van der Waals surface area contributed by atoms with Crippen LogP contribution >= 0.6 is 11.6 Å². The van der Waals surface area contributed by atoms with Crippen molar-refractivity contribution in [2.45, 2.75) is 38.5 Å². The summed E-state index contributed by atoms with van der Waals surface area (Å²) in [4.78, 5) is 12.5. The average molecular weight is 284 g/mol. The summed E-state index contributed by atoms with van der Waals surface area (Å²) in [6, 6.07) is 4.50. The number of benzene rings is 1. The maximum atomic E-state index is 13.7. The summed E-state index contributed by atoms with van der Waals surface area (Å²) in [5, 5.41) is 0.316. The van der Waals surface area contributed by atoms with Crippen LogP contribution in [-0.4, -0.2) is 12.3 Å². The van der Waals surface area contributed by atoms with Gasteiger partial charge in [0.15, 0.2) is 0 Å². The Labute approximate surface area is 118 Å². The summed E-state index contributed by atoms with van der Waals surface area (Å²) in [6.45, 7) is 0.345. The molecule has 2 nitrogen and oxygen atoms in total. The minimum absolute atomic E-state index is 0.0294. The molecule has 0 aromatic heterocycles. The normalized spacial score (nSPS) is 18.3. The topological polar surface area (TPSA) is 43.1 Å². The van der Waals surface area contributed by atoms with Crippen LogP contribution in [-0.2, 0) is 11.2 Å². The molecule has 1 aromatic carbocycles. The van der Waals surface area contributed by atoms with Gasteiger partial charge in [0, 0.05) is 29.0 Å². The smallest absolute Gasteiger partial charge is 0.144 e. The van der Waals surface area contributed by atoms with Gasteiger partial charge in [-0.25, -0.2) is 4.39 Å². The number of Topliss-reactive ketones (excluding diaryl/α,β-unsaturated/α-hetero) is 1. The molecule has 1 aliphatic rings. The Balaban J connectivity index is 2.20. The number of ketones is 1. The summed E-state index contributed by atoms with van der Waals surface area (Å²) in [6.07, 6.45) is 4.86. The van der Waals surface area contributed by atoms with Gasteiger partial charge < -0.3 is 5.73 Å². The first-order valence-corrected chi connectivity index (χ1v) is 7.13. The first kappa shape index (κ1) is 14.5. The molecule has 104 valence electrons. The average Bonchev–Trinajstić information content (AvgIpc) is 2.43. The van der Waals surface area contributed by atoms with Crippen LogP contribution in [0.15, 0.2) is 18.2 Å². The van der Waals surface area contributed by atoms with Gasteiger partial charge in [0.05, 0.1) is 0 Å². The van der Waals surface area contributed by atoms with Gasteiger partial charge in [-0.3, -0.25) is 4.79 Å². The molecule has 1 saturated carbocycles. The van der Waals surface area contributed by atoms with Gasteiger partial charge >= 0.3 is 0 Å². The van der Waals surface area contributed by atoms with E-state index in [1.807, 2.05) is 0 Å². The van der Waals surface area contributed by atoms with Crippen molar-refractivity contribution in [3.63, 3.8) is 0 Å². The van der Waals surface area contributed by atoms with Gasteiger partial charge in [0.25, 0.3) is 0 Å². The number of rotatable bonds is 4. The van der Waals surface area contributed by atoms with Crippen LogP contribution in [0.2, 0.25) is 5.02 Å². The molecule has 19 heavy (non-hydrogen) atoms. The third kappa shape index (κ3) is 2.98. The maximum absolute atomic E-state index is 13.7. The predicted molar refractivity (Wildman–Crippen MR) is 74.7 cm³/mol. The first-order valence-electron chi connectivity index (χ1n) is 6.75. The molecule has 1 fully saturated rings. The Bertz CT molecular complexity index is 449. The Morgan fingerprint density at radius 2 is 2.00 bits per heavy atom. The molecule has 2 N–H and O–H groups in total. The molecular formula is C15H19ClFNO. The third-order valence-corrected chi connectivity index (χ3v) is 4.55. The van der Waals surface area contributed by atoms with Gasteiger partial charge in [-0.2, -0.15) is 0 Å². The van der Waals surface area contributed by atoms with Crippen LogP contribution in [0.3, 0.4) is 0 Å². The molecule has 0 amide bonds. The minimum Gasteiger partial charge on any atom is -0.329 e. The van der Waals surface area contributed by atoms with Crippen molar-refractivity contribution in [3.8, 4) is 0 Å². The van der Waals surface area contributed by atoms with E-state index in [2.05, 4.69) is 0 Å². The fourth-order valence-corrected chi connectivity index (χ4v) is 3.10. The van der Waals surface area contributed by atoms with E-state index in [-0.39, 0.29) is 12.2 Å². The predicted octanol–water partition coefficient (Wildman–Crippen LogP) is 3.50. The van der Waals surface area contributed by atoms with Crippen molar-refractivity contribution in [1.29, 1.82) is 0 Å². The zero-order valence-corrected chi connectivity index (χ0v) is 11.7. The van der Waals surface area contributed by atoms with Crippen LogP contribution < -0.4 is 5.73 Å². The van der Waals surface area contributed by atoms with E-state index in [0.29, 0.717) is 17.1 Å². The number of nitrogens with two attached hydrogens (primary N) is 1. The quantitative estimate of drug-likeness (QED) is 0.919. The highest BCUT2D eigenvalue weighted by Crippen LogP contribution is 2.37. The molecule has 0 bridgehead atoms. The van der Waals surface area contributed by atoms with E-state index in [4.69, 9.17) is 17.3 Å². The highest BCUT2D eigenvalue weighted by molar-refractivity contribution is 6.31. The maximum Gasteiger partial charge on any atom is 0.144 e. The molecular weight excluding hydrogens is 265 g/mol. The Hall–Kier alpha value is -0.930. The summed E-state index contributed by atoms with van der Waals surface area (Å²) >= 11 is 5.98. The van der Waals surface area contributed by atoms with E-state index in [9.17, 15) is 9.18 Å². The lowest BCUT2D eigenvalue weighted by atomic mass is 9.70. The van der Waals surface area contributed by atoms with Crippen LogP contribution in [0.4, 0.5) is 4.39 Å². The van der Waals surface area contributed by atoms with Gasteiger partial charge in [0.2, 0.25) is 0 Å². The first-order chi connectivity index (χ1) is 9.09. The van der Waals surface area contributed by atoms with Crippen molar-refractivity contribution in [2.75, 3.05) is 6.54 Å². The number of halogens is 2. The molecule has 1 aromatic rings. The fourth-order valence-electron chi connectivity index (χ4n) is 2.87. The van der Waals surface area contributed by atoms with E-state index in [1.165, 1.54) is 6.07 Å². The van der Waals surface area contributed by atoms with E-state index >= 15 is 0 Å². The van der Waals surface area contributed by atoms with Gasteiger partial charge in [-0.15, -0.1) is 0 Å². The number of hydrogen-bond donors (Lipinski definition) is 1. The molecule has 0 unspecified atom stereocenters. The standard InChI is InChI=1S/C15H19ClFNO/c16-12-5-4-6-13(17)11(12)9-14(19)15(10-18)7-2-1-3-8-15/h4-6H,1-3,7-10,18H2. The van der Waals surface area contributed by atoms with Gasteiger partial charge in [0.1, 0.15) is 11.6 Å². The molecule has 2 rings (SSSR count). The third-order valence-electron chi connectivity index (χ3n) is 4.19. The molecule has 4 heteroatoms. The van der Waals surface area contributed by atoms with Crippen molar-refractivity contribution in [2.24, 2.45) is 11.1 Å². The minimum atomic E-state index is -0.468. The molecule has 0 atom stereocenters. The summed E-state index contributed by atoms with van der Waals surface area (Å²) < 4.78 is 13.7. The largest absolute Gasteiger partial charge is 0.329 e. The lowest BCUT2D eigenvalue weighted by molar-refractivity contribution is -0.129. The summed E-state index contributed by atoms with van der Waals surface area (Å²) in [7, 11) is 0. The Morgan fingerprint density at radius 3 is 2.58 bits per heavy atom. The summed E-state index contributed by atoms with van der Waals surface area (Å²) in [5.74, 6) is -0.384. The van der Waals surface area contributed by atoms with Gasteiger partial charge in [-0.1, -0.05) is 36.9 Å². The lowest BCUT2D eigenvalue weighted by Crippen LogP contribution is -2.41. The number of carbonyl (C=O) groups excluding carboxylic acids is 1. The highest BCUT2D eigenvalue weighted by Gasteiger charge is 2.38. The second-order valence-corrected chi connectivity index (χ2v) is 5.75. The van der Waals surface area contributed by atoms with Crippen LogP contribution in [0, 0.1) is 11.2 Å². The monoisotopic (exact) mass is 283 g/mol. The summed E-state index contributed by atoms with van der Waals surface area (Å²) in [5.41, 5.74) is 5.65. The van der Waals surface area contributed by atoms with Crippen molar-refractivity contribution < 1.29 is 9.18 Å². The molecule has 0 saturated heterocycles. The van der Waals surface area contributed by atoms with Gasteiger partial charge in [-0.05, 0) is 25.0 Å². The number of carbonyl (C=O) groups is 1. The van der Waals surface area contributed by atoms with E-state index in [1.54, 1.807) is 12.1 Å². The van der Waals surface area contributed by atoms with E-state index in [0.717, 1.165) is 32.1 Å². The zero-order chi connectivity index (χ0) is 13.9. The molecule has 0 aliphatic heterocycles. The zero-order valence-electron chi connectivity index (χ0n) is 10.9. The van der Waals surface area contributed by atoms with Crippen LogP contribution in [0.5, 0.6) is 0 Å². The van der Waals surface area contributed by atoms with Crippen LogP contribution in [0.25, 0.3) is 0 Å². The second-order valence-electron chi connectivity index (χ2n) is 5.35. The molecule has 0 radical (unpaired) electrons. The number of hydrogen-bond acceptors (Lipinski definition) is 2. The van der Waals surface area contributed by atoms with Crippen LogP contribution in [0.1, 0.15) is 37.7 Å². The SMILES string of the molecule is NCC1(C(=O)Cc2c(F)cccc2Cl)CCCCC1. The lowest BCUT2D eigenvalue weighted by Gasteiger charge is -2.34. The second kappa shape index (κ2) is 6.02. The Kier molecular flexibility index (Phi) is 4.58. The molecule has 0 spiro atoms. The van der Waals surface area contributed by atoms with Crippen molar-refractivity contribution >= 4 is 17.4 Å². The van der Waals surface area contributed by atoms with Crippen molar-refractivity contribution in [3.05, 3.63) is 34.6 Å².